The predicted molar refractivity (Wildman–Crippen MR) is 77.8 cm³/mol. The summed E-state index contributed by atoms with van der Waals surface area (Å²) in [6.45, 7) is 1.85. The zero-order valence-electron chi connectivity index (χ0n) is 11.8. The van der Waals surface area contributed by atoms with Crippen molar-refractivity contribution in [2.75, 3.05) is 0 Å². The van der Waals surface area contributed by atoms with Gasteiger partial charge in [0.1, 0.15) is 16.8 Å². The van der Waals surface area contributed by atoms with Gasteiger partial charge in [-0.15, -0.1) is 0 Å². The Bertz CT molecular complexity index is 642. The number of aryl methyl sites for hydroxylation is 2. The predicted octanol–water partition coefficient (Wildman–Crippen LogP) is 2.28. The van der Waals surface area contributed by atoms with Crippen molar-refractivity contribution < 1.29 is 8.78 Å². The van der Waals surface area contributed by atoms with Crippen LogP contribution in [0.4, 0.5) is 8.78 Å². The third kappa shape index (κ3) is 3.58. The molecule has 0 saturated heterocycles. The summed E-state index contributed by atoms with van der Waals surface area (Å²) < 4.78 is 28.2. The summed E-state index contributed by atoms with van der Waals surface area (Å²) in [5, 5.41) is 4.76. The Morgan fingerprint density at radius 2 is 2.10 bits per heavy atom. The first kappa shape index (κ1) is 15.9. The molecule has 1 aromatic heterocycles. The zero-order valence-corrected chi connectivity index (χ0v) is 12.6. The molecule has 21 heavy (non-hydrogen) atoms. The summed E-state index contributed by atoms with van der Waals surface area (Å²) in [6, 6.07) is 3.29. The lowest BCUT2D eigenvalue weighted by atomic mass is 9.99. The maximum atomic E-state index is 13.7. The van der Waals surface area contributed by atoms with E-state index in [2.05, 4.69) is 10.5 Å². The van der Waals surface area contributed by atoms with Crippen LogP contribution in [-0.4, -0.2) is 15.8 Å². The van der Waals surface area contributed by atoms with Gasteiger partial charge in [0.15, 0.2) is 0 Å². The molecular formula is C14H17ClF2N4. The molecule has 0 bridgehead atoms. The summed E-state index contributed by atoms with van der Waals surface area (Å²) in [7, 11) is 1.75. The molecule has 1 atom stereocenters. The van der Waals surface area contributed by atoms with Crippen LogP contribution in [0, 0.1) is 18.6 Å². The Hall–Kier alpha value is -1.50. The Labute approximate surface area is 126 Å². The van der Waals surface area contributed by atoms with E-state index in [1.807, 2.05) is 6.92 Å². The second-order valence-electron chi connectivity index (χ2n) is 4.99. The van der Waals surface area contributed by atoms with Gasteiger partial charge in [-0.25, -0.2) is 8.78 Å². The van der Waals surface area contributed by atoms with E-state index in [-0.39, 0.29) is 6.04 Å². The first-order valence-electron chi connectivity index (χ1n) is 6.50. The highest BCUT2D eigenvalue weighted by Gasteiger charge is 2.18. The number of halogens is 3. The van der Waals surface area contributed by atoms with Crippen LogP contribution < -0.4 is 11.3 Å². The third-order valence-electron chi connectivity index (χ3n) is 3.44. The molecule has 0 aliphatic carbocycles. The molecule has 2 aromatic rings. The maximum Gasteiger partial charge on any atom is 0.130 e. The van der Waals surface area contributed by atoms with E-state index in [4.69, 9.17) is 17.4 Å². The molecule has 0 saturated carbocycles. The van der Waals surface area contributed by atoms with Crippen molar-refractivity contribution >= 4 is 11.6 Å². The first-order chi connectivity index (χ1) is 9.92. The fraction of sp³-hybridized carbons (Fsp3) is 0.357. The van der Waals surface area contributed by atoms with Gasteiger partial charge in [0.05, 0.1) is 5.69 Å². The van der Waals surface area contributed by atoms with Gasteiger partial charge in [-0.2, -0.15) is 5.10 Å². The number of hydrogen-bond acceptors (Lipinski definition) is 3. The summed E-state index contributed by atoms with van der Waals surface area (Å²) >= 11 is 6.18. The molecule has 2 rings (SSSR count). The molecule has 0 fully saturated rings. The van der Waals surface area contributed by atoms with Crippen molar-refractivity contribution in [2.45, 2.75) is 25.8 Å². The lowest BCUT2D eigenvalue weighted by molar-refractivity contribution is 0.501. The topological polar surface area (TPSA) is 55.9 Å². The highest BCUT2D eigenvalue weighted by Crippen LogP contribution is 2.21. The number of nitrogens with zero attached hydrogens (tertiary/aromatic N) is 2. The second kappa shape index (κ2) is 6.51. The highest BCUT2D eigenvalue weighted by molar-refractivity contribution is 6.30. The minimum absolute atomic E-state index is 0.231. The molecule has 1 unspecified atom stereocenters. The van der Waals surface area contributed by atoms with Crippen molar-refractivity contribution in [1.29, 1.82) is 0 Å². The Kier molecular flexibility index (Phi) is 4.92. The largest absolute Gasteiger partial charge is 0.271 e. The number of nitrogens with one attached hydrogen (secondary N) is 1. The Morgan fingerprint density at radius 3 is 2.62 bits per heavy atom. The smallest absolute Gasteiger partial charge is 0.130 e. The molecule has 1 aromatic carbocycles. The number of hydrazine groups is 1. The number of nitrogens with two attached hydrogens (primary N) is 1. The number of benzene rings is 1. The fourth-order valence-corrected chi connectivity index (χ4v) is 2.55. The van der Waals surface area contributed by atoms with Crippen molar-refractivity contribution in [2.24, 2.45) is 12.9 Å². The monoisotopic (exact) mass is 314 g/mol. The lowest BCUT2D eigenvalue weighted by Crippen LogP contribution is -2.38. The summed E-state index contributed by atoms with van der Waals surface area (Å²) in [6.07, 6.45) is 0.832. The Morgan fingerprint density at radius 1 is 1.38 bits per heavy atom. The lowest BCUT2D eigenvalue weighted by Gasteiger charge is -2.16. The standard InChI is InChI=1S/C14H17ClF2N4/c1-8-12(14(15)21(2)20-8)7-11(19-18)5-9-3-4-10(16)6-13(9)17/h3-4,6,11,19H,5,7,18H2,1-2H3. The van der Waals surface area contributed by atoms with Crippen LogP contribution in [0.25, 0.3) is 0 Å². The van der Waals surface area contributed by atoms with E-state index < -0.39 is 11.6 Å². The molecule has 0 aliphatic heterocycles. The summed E-state index contributed by atoms with van der Waals surface area (Å²) in [5.41, 5.74) is 4.72. The quantitative estimate of drug-likeness (QED) is 0.657. The first-order valence-corrected chi connectivity index (χ1v) is 6.88. The third-order valence-corrected chi connectivity index (χ3v) is 3.91. The molecule has 7 heteroatoms. The Balaban J connectivity index is 2.17. The molecule has 0 radical (unpaired) electrons. The van der Waals surface area contributed by atoms with E-state index in [0.29, 0.717) is 23.6 Å². The van der Waals surface area contributed by atoms with Crippen LogP contribution in [-0.2, 0) is 19.9 Å². The van der Waals surface area contributed by atoms with Crippen LogP contribution >= 0.6 is 11.6 Å². The van der Waals surface area contributed by atoms with Crippen molar-refractivity contribution in [3.63, 3.8) is 0 Å². The van der Waals surface area contributed by atoms with Crippen LogP contribution in [0.15, 0.2) is 18.2 Å². The van der Waals surface area contributed by atoms with E-state index >= 15 is 0 Å². The van der Waals surface area contributed by atoms with Gasteiger partial charge >= 0.3 is 0 Å². The van der Waals surface area contributed by atoms with E-state index in [9.17, 15) is 8.78 Å². The van der Waals surface area contributed by atoms with E-state index in [0.717, 1.165) is 17.3 Å². The molecule has 3 N–H and O–H groups in total. The van der Waals surface area contributed by atoms with Crippen LogP contribution in [0.3, 0.4) is 0 Å². The molecule has 0 aliphatic rings. The minimum atomic E-state index is -0.598. The highest BCUT2D eigenvalue weighted by atomic mass is 35.5. The average molecular weight is 315 g/mol. The minimum Gasteiger partial charge on any atom is -0.271 e. The molecule has 0 amide bonds. The van der Waals surface area contributed by atoms with Crippen molar-refractivity contribution in [3.05, 3.63) is 51.8 Å². The van der Waals surface area contributed by atoms with Crippen molar-refractivity contribution in [1.82, 2.24) is 15.2 Å². The van der Waals surface area contributed by atoms with Crippen LogP contribution in [0.2, 0.25) is 5.15 Å². The summed E-state index contributed by atoms with van der Waals surface area (Å²) in [4.78, 5) is 0. The van der Waals surface area contributed by atoms with Gasteiger partial charge in [-0.3, -0.25) is 16.0 Å². The van der Waals surface area contributed by atoms with Gasteiger partial charge < -0.3 is 0 Å². The van der Waals surface area contributed by atoms with Crippen LogP contribution in [0.1, 0.15) is 16.8 Å². The molecular weight excluding hydrogens is 298 g/mol. The number of hydrogen-bond donors (Lipinski definition) is 2. The number of aromatic nitrogens is 2. The molecule has 4 nitrogen and oxygen atoms in total. The van der Waals surface area contributed by atoms with Crippen LogP contribution in [0.5, 0.6) is 0 Å². The van der Waals surface area contributed by atoms with Gasteiger partial charge in [0.25, 0.3) is 0 Å². The molecule has 0 spiro atoms. The second-order valence-corrected chi connectivity index (χ2v) is 5.34. The average Bonchev–Trinajstić information content (AvgIpc) is 2.67. The van der Waals surface area contributed by atoms with E-state index in [1.165, 1.54) is 12.1 Å². The summed E-state index contributed by atoms with van der Waals surface area (Å²) in [5.74, 6) is 4.36. The van der Waals surface area contributed by atoms with Gasteiger partial charge in [0, 0.05) is 24.7 Å². The van der Waals surface area contributed by atoms with Crippen molar-refractivity contribution in [3.8, 4) is 0 Å². The van der Waals surface area contributed by atoms with Gasteiger partial charge in [-0.05, 0) is 31.4 Å². The maximum absolute atomic E-state index is 13.7. The van der Waals surface area contributed by atoms with Gasteiger partial charge in [0.2, 0.25) is 0 Å². The zero-order chi connectivity index (χ0) is 15.6. The normalized spacial score (nSPS) is 12.7. The number of rotatable bonds is 5. The molecule has 1 heterocycles. The SMILES string of the molecule is Cc1nn(C)c(Cl)c1CC(Cc1ccc(F)cc1F)NN. The van der Waals surface area contributed by atoms with Gasteiger partial charge in [-0.1, -0.05) is 17.7 Å². The fourth-order valence-electron chi connectivity index (χ4n) is 2.29. The molecule has 114 valence electrons. The van der Waals surface area contributed by atoms with E-state index in [1.54, 1.807) is 11.7 Å².